The van der Waals surface area contributed by atoms with E-state index in [0.29, 0.717) is 5.56 Å². The van der Waals surface area contributed by atoms with E-state index < -0.39 is 0 Å². The lowest BCUT2D eigenvalue weighted by Gasteiger charge is -2.12. The Labute approximate surface area is 126 Å². The lowest BCUT2D eigenvalue weighted by molar-refractivity contribution is 0.0952. The van der Waals surface area contributed by atoms with Gasteiger partial charge in [0.2, 0.25) is 0 Å². The molecule has 21 heavy (non-hydrogen) atoms. The fraction of sp³-hybridized carbons (Fsp3) is 0.625. The summed E-state index contributed by atoms with van der Waals surface area (Å²) in [4.78, 5) is 16.1. The minimum absolute atomic E-state index is 0.0561. The molecule has 0 spiro atoms. The first-order valence-electron chi connectivity index (χ1n) is 7.88. The van der Waals surface area contributed by atoms with E-state index in [-0.39, 0.29) is 12.0 Å². The molecule has 0 aliphatic carbocycles. The Balaban J connectivity index is 1.80. The SMILES string of the molecule is CCCCCNC(=O)c1cncc(NCC2CCCO2)c1. The molecule has 1 aromatic heterocycles. The van der Waals surface area contributed by atoms with Gasteiger partial charge in [-0.1, -0.05) is 19.8 Å². The minimum atomic E-state index is -0.0561. The summed E-state index contributed by atoms with van der Waals surface area (Å²) in [7, 11) is 0. The van der Waals surface area contributed by atoms with E-state index in [1.54, 1.807) is 12.4 Å². The molecular formula is C16H25N3O2. The summed E-state index contributed by atoms with van der Waals surface area (Å²) in [6.45, 7) is 4.49. The number of hydrogen-bond acceptors (Lipinski definition) is 4. The molecule has 116 valence electrons. The monoisotopic (exact) mass is 291 g/mol. The zero-order valence-electron chi connectivity index (χ0n) is 12.7. The molecule has 2 rings (SSSR count). The first-order valence-corrected chi connectivity index (χ1v) is 7.88. The second-order valence-corrected chi connectivity index (χ2v) is 5.44. The van der Waals surface area contributed by atoms with Crippen molar-refractivity contribution in [1.82, 2.24) is 10.3 Å². The van der Waals surface area contributed by atoms with Crippen LogP contribution in [0.4, 0.5) is 5.69 Å². The third-order valence-corrected chi connectivity index (χ3v) is 3.62. The molecule has 0 saturated carbocycles. The van der Waals surface area contributed by atoms with Crippen LogP contribution in [0.15, 0.2) is 18.5 Å². The van der Waals surface area contributed by atoms with Crippen LogP contribution in [-0.4, -0.2) is 36.7 Å². The van der Waals surface area contributed by atoms with E-state index in [1.165, 1.54) is 0 Å². The fourth-order valence-electron chi connectivity index (χ4n) is 2.38. The van der Waals surface area contributed by atoms with Crippen LogP contribution in [0.25, 0.3) is 0 Å². The Hall–Kier alpha value is -1.62. The lowest BCUT2D eigenvalue weighted by atomic mass is 10.2. The van der Waals surface area contributed by atoms with Crippen molar-refractivity contribution in [1.29, 1.82) is 0 Å². The zero-order valence-corrected chi connectivity index (χ0v) is 12.7. The second-order valence-electron chi connectivity index (χ2n) is 5.44. The number of nitrogens with zero attached hydrogens (tertiary/aromatic N) is 1. The second kappa shape index (κ2) is 8.62. The van der Waals surface area contributed by atoms with Gasteiger partial charge in [-0.15, -0.1) is 0 Å². The van der Waals surface area contributed by atoms with Crippen molar-refractivity contribution in [3.63, 3.8) is 0 Å². The highest BCUT2D eigenvalue weighted by Crippen LogP contribution is 2.14. The number of pyridine rings is 1. The van der Waals surface area contributed by atoms with Gasteiger partial charge in [-0.25, -0.2) is 0 Å². The minimum Gasteiger partial charge on any atom is -0.381 e. The third kappa shape index (κ3) is 5.34. The normalized spacial score (nSPS) is 17.7. The highest BCUT2D eigenvalue weighted by atomic mass is 16.5. The number of aromatic nitrogens is 1. The van der Waals surface area contributed by atoms with Gasteiger partial charge in [0, 0.05) is 32.1 Å². The van der Waals surface area contributed by atoms with Gasteiger partial charge in [0.05, 0.1) is 17.4 Å². The summed E-state index contributed by atoms with van der Waals surface area (Å²) < 4.78 is 5.57. The van der Waals surface area contributed by atoms with Gasteiger partial charge in [-0.2, -0.15) is 0 Å². The molecule has 1 aliphatic heterocycles. The summed E-state index contributed by atoms with van der Waals surface area (Å²) in [6.07, 6.45) is 9.16. The Kier molecular flexibility index (Phi) is 6.47. The number of hydrogen-bond donors (Lipinski definition) is 2. The number of anilines is 1. The Morgan fingerprint density at radius 3 is 3.10 bits per heavy atom. The number of rotatable bonds is 8. The molecule has 1 aliphatic rings. The molecule has 1 fully saturated rings. The van der Waals surface area contributed by atoms with Crippen LogP contribution in [0.5, 0.6) is 0 Å². The van der Waals surface area contributed by atoms with Crippen molar-refractivity contribution in [2.45, 2.75) is 45.1 Å². The van der Waals surface area contributed by atoms with Crippen LogP contribution in [0.3, 0.4) is 0 Å². The Morgan fingerprint density at radius 1 is 1.43 bits per heavy atom. The summed E-state index contributed by atoms with van der Waals surface area (Å²) >= 11 is 0. The average Bonchev–Trinajstić information content (AvgIpc) is 3.03. The van der Waals surface area contributed by atoms with Crippen molar-refractivity contribution in [3.05, 3.63) is 24.0 Å². The molecule has 1 unspecified atom stereocenters. The van der Waals surface area contributed by atoms with Gasteiger partial charge in [-0.05, 0) is 25.3 Å². The van der Waals surface area contributed by atoms with Gasteiger partial charge >= 0.3 is 0 Å². The summed E-state index contributed by atoms with van der Waals surface area (Å²) in [6, 6.07) is 1.84. The smallest absolute Gasteiger partial charge is 0.252 e. The summed E-state index contributed by atoms with van der Waals surface area (Å²) in [5.41, 5.74) is 1.47. The largest absolute Gasteiger partial charge is 0.381 e. The van der Waals surface area contributed by atoms with Crippen molar-refractivity contribution >= 4 is 11.6 Å². The highest BCUT2D eigenvalue weighted by molar-refractivity contribution is 5.94. The molecule has 1 saturated heterocycles. The number of unbranched alkanes of at least 4 members (excludes halogenated alkanes) is 2. The first kappa shape index (κ1) is 15.8. The molecule has 1 atom stereocenters. The highest BCUT2D eigenvalue weighted by Gasteiger charge is 2.15. The van der Waals surface area contributed by atoms with E-state index in [0.717, 1.165) is 57.5 Å². The quantitative estimate of drug-likeness (QED) is 0.723. The molecule has 1 amide bonds. The maximum atomic E-state index is 12.0. The Morgan fingerprint density at radius 2 is 2.33 bits per heavy atom. The number of carbonyl (C=O) groups is 1. The van der Waals surface area contributed by atoms with Crippen molar-refractivity contribution < 1.29 is 9.53 Å². The molecule has 5 heteroatoms. The van der Waals surface area contributed by atoms with Crippen LogP contribution in [0.2, 0.25) is 0 Å². The molecule has 5 nitrogen and oxygen atoms in total. The van der Waals surface area contributed by atoms with Crippen LogP contribution in [0, 0.1) is 0 Å². The number of nitrogens with one attached hydrogen (secondary N) is 2. The molecule has 1 aromatic rings. The van der Waals surface area contributed by atoms with E-state index in [2.05, 4.69) is 22.5 Å². The average molecular weight is 291 g/mol. The van der Waals surface area contributed by atoms with E-state index in [4.69, 9.17) is 4.74 Å². The predicted molar refractivity (Wildman–Crippen MR) is 83.6 cm³/mol. The predicted octanol–water partition coefficient (Wildman–Crippen LogP) is 2.59. The van der Waals surface area contributed by atoms with Crippen LogP contribution < -0.4 is 10.6 Å². The van der Waals surface area contributed by atoms with Gasteiger partial charge < -0.3 is 15.4 Å². The van der Waals surface area contributed by atoms with Crippen LogP contribution in [0.1, 0.15) is 49.4 Å². The molecule has 0 radical (unpaired) electrons. The fourth-order valence-corrected chi connectivity index (χ4v) is 2.38. The maximum absolute atomic E-state index is 12.0. The Bertz CT molecular complexity index is 445. The first-order chi connectivity index (χ1) is 10.3. The standard InChI is InChI=1S/C16H25N3O2/c1-2-3-4-7-18-16(20)13-9-14(11-17-10-13)19-12-15-6-5-8-21-15/h9-11,15,19H,2-8,12H2,1H3,(H,18,20). The van der Waals surface area contributed by atoms with Gasteiger partial charge in [-0.3, -0.25) is 9.78 Å². The molecule has 0 bridgehead atoms. The number of carbonyl (C=O) groups excluding carboxylic acids is 1. The van der Waals surface area contributed by atoms with Crippen LogP contribution >= 0.6 is 0 Å². The van der Waals surface area contributed by atoms with Gasteiger partial charge in [0.15, 0.2) is 0 Å². The molecule has 2 N–H and O–H groups in total. The molecule has 2 heterocycles. The number of amides is 1. The topological polar surface area (TPSA) is 63.2 Å². The third-order valence-electron chi connectivity index (χ3n) is 3.62. The van der Waals surface area contributed by atoms with Crippen LogP contribution in [-0.2, 0) is 4.74 Å². The van der Waals surface area contributed by atoms with E-state index >= 15 is 0 Å². The summed E-state index contributed by atoms with van der Waals surface area (Å²) in [5.74, 6) is -0.0561. The summed E-state index contributed by atoms with van der Waals surface area (Å²) in [5, 5.41) is 6.22. The van der Waals surface area contributed by atoms with Crippen molar-refractivity contribution in [2.75, 3.05) is 25.0 Å². The van der Waals surface area contributed by atoms with Crippen molar-refractivity contribution in [3.8, 4) is 0 Å². The van der Waals surface area contributed by atoms with Gasteiger partial charge in [0.25, 0.3) is 5.91 Å². The molecule has 0 aromatic carbocycles. The van der Waals surface area contributed by atoms with Gasteiger partial charge in [0.1, 0.15) is 0 Å². The molecular weight excluding hydrogens is 266 g/mol. The lowest BCUT2D eigenvalue weighted by Crippen LogP contribution is -2.25. The maximum Gasteiger partial charge on any atom is 0.252 e. The van der Waals surface area contributed by atoms with E-state index in [1.807, 2.05) is 6.07 Å². The number of ether oxygens (including phenoxy) is 1. The van der Waals surface area contributed by atoms with Crippen molar-refractivity contribution in [2.24, 2.45) is 0 Å². The van der Waals surface area contributed by atoms with E-state index in [9.17, 15) is 4.79 Å². The zero-order chi connectivity index (χ0) is 14.9.